The Kier molecular flexibility index (Phi) is 2.45. The van der Waals surface area contributed by atoms with Crippen LogP contribution in [0.25, 0.3) is 0 Å². The minimum Gasteiger partial charge on any atom is -0.378 e. The molecule has 1 aromatic carbocycles. The SMILES string of the molecule is Cc1cccc(C(O)C(N)=O)c1. The Hall–Kier alpha value is -1.35. The van der Waals surface area contributed by atoms with Gasteiger partial charge in [0.1, 0.15) is 0 Å². The van der Waals surface area contributed by atoms with Crippen LogP contribution in [0.2, 0.25) is 0 Å². The predicted octanol–water partition coefficient (Wildman–Crippen LogP) is 0.514. The number of carbonyl (C=O) groups is 1. The second kappa shape index (κ2) is 3.36. The Bertz CT molecular complexity index is 296. The van der Waals surface area contributed by atoms with Gasteiger partial charge in [-0.15, -0.1) is 0 Å². The van der Waals surface area contributed by atoms with E-state index in [2.05, 4.69) is 0 Å². The topological polar surface area (TPSA) is 63.3 Å². The normalized spacial score (nSPS) is 12.5. The number of amides is 1. The Labute approximate surface area is 70.8 Å². The number of aliphatic hydroxyl groups is 1. The Morgan fingerprint density at radius 1 is 1.58 bits per heavy atom. The van der Waals surface area contributed by atoms with E-state index in [4.69, 9.17) is 5.73 Å². The molecule has 3 nitrogen and oxygen atoms in total. The van der Waals surface area contributed by atoms with Crippen LogP contribution in [0.5, 0.6) is 0 Å². The van der Waals surface area contributed by atoms with Crippen molar-refractivity contribution < 1.29 is 9.90 Å². The number of carbonyl (C=O) groups excluding carboxylic acids is 1. The van der Waals surface area contributed by atoms with Crippen molar-refractivity contribution in [2.45, 2.75) is 13.0 Å². The second-order valence-corrected chi connectivity index (χ2v) is 2.72. The highest BCUT2D eigenvalue weighted by Crippen LogP contribution is 2.13. The van der Waals surface area contributed by atoms with E-state index >= 15 is 0 Å². The minimum absolute atomic E-state index is 0.544. The lowest BCUT2D eigenvalue weighted by Crippen LogP contribution is -2.20. The van der Waals surface area contributed by atoms with Gasteiger partial charge in [-0.3, -0.25) is 4.79 Å². The largest absolute Gasteiger partial charge is 0.378 e. The van der Waals surface area contributed by atoms with Crippen LogP contribution in [-0.2, 0) is 4.79 Å². The van der Waals surface area contributed by atoms with E-state index in [1.807, 2.05) is 13.0 Å². The highest BCUT2D eigenvalue weighted by atomic mass is 16.3. The van der Waals surface area contributed by atoms with E-state index in [1.165, 1.54) is 0 Å². The van der Waals surface area contributed by atoms with Gasteiger partial charge in [0.25, 0.3) is 5.91 Å². The Morgan fingerprint density at radius 3 is 2.75 bits per heavy atom. The van der Waals surface area contributed by atoms with Crippen LogP contribution >= 0.6 is 0 Å². The zero-order chi connectivity index (χ0) is 9.14. The predicted molar refractivity (Wildman–Crippen MR) is 45.3 cm³/mol. The van der Waals surface area contributed by atoms with Gasteiger partial charge in [-0.25, -0.2) is 0 Å². The average Bonchev–Trinajstić information content (AvgIpc) is 2.03. The highest BCUT2D eigenvalue weighted by molar-refractivity contribution is 5.80. The average molecular weight is 165 g/mol. The molecule has 0 saturated carbocycles. The summed E-state index contributed by atoms with van der Waals surface area (Å²) in [5.41, 5.74) is 6.47. The van der Waals surface area contributed by atoms with Gasteiger partial charge in [-0.05, 0) is 12.5 Å². The van der Waals surface area contributed by atoms with Crippen molar-refractivity contribution in [3.63, 3.8) is 0 Å². The summed E-state index contributed by atoms with van der Waals surface area (Å²) in [5, 5.41) is 9.25. The molecule has 0 heterocycles. The van der Waals surface area contributed by atoms with Crippen molar-refractivity contribution in [3.8, 4) is 0 Å². The molecule has 1 amide bonds. The van der Waals surface area contributed by atoms with Crippen molar-refractivity contribution >= 4 is 5.91 Å². The number of hydrogen-bond acceptors (Lipinski definition) is 2. The van der Waals surface area contributed by atoms with Crippen molar-refractivity contribution in [1.82, 2.24) is 0 Å². The molecule has 0 spiro atoms. The van der Waals surface area contributed by atoms with Crippen LogP contribution in [0.1, 0.15) is 17.2 Å². The molecular weight excluding hydrogens is 154 g/mol. The van der Waals surface area contributed by atoms with Gasteiger partial charge in [-0.2, -0.15) is 0 Å². The summed E-state index contributed by atoms with van der Waals surface area (Å²) in [6.45, 7) is 1.89. The molecule has 3 heteroatoms. The number of rotatable bonds is 2. The van der Waals surface area contributed by atoms with Crippen LogP contribution in [0.3, 0.4) is 0 Å². The van der Waals surface area contributed by atoms with Gasteiger partial charge in [-0.1, -0.05) is 29.8 Å². The van der Waals surface area contributed by atoms with Crippen molar-refractivity contribution in [2.75, 3.05) is 0 Å². The Morgan fingerprint density at radius 2 is 2.25 bits per heavy atom. The summed E-state index contributed by atoms with van der Waals surface area (Å²) in [7, 11) is 0. The summed E-state index contributed by atoms with van der Waals surface area (Å²) < 4.78 is 0. The first-order chi connectivity index (χ1) is 5.61. The fourth-order valence-corrected chi connectivity index (χ4v) is 1.00. The summed E-state index contributed by atoms with van der Waals surface area (Å²) in [5.74, 6) is -0.722. The van der Waals surface area contributed by atoms with E-state index in [1.54, 1.807) is 18.2 Å². The molecule has 1 rings (SSSR count). The summed E-state index contributed by atoms with van der Waals surface area (Å²) in [6, 6.07) is 7.06. The molecule has 0 aliphatic rings. The third-order valence-electron chi connectivity index (χ3n) is 1.63. The number of aryl methyl sites for hydroxylation is 1. The van der Waals surface area contributed by atoms with E-state index in [0.29, 0.717) is 5.56 Å². The highest BCUT2D eigenvalue weighted by Gasteiger charge is 2.12. The smallest absolute Gasteiger partial charge is 0.250 e. The molecule has 0 saturated heterocycles. The molecule has 1 aromatic rings. The maximum Gasteiger partial charge on any atom is 0.250 e. The van der Waals surface area contributed by atoms with Crippen LogP contribution in [-0.4, -0.2) is 11.0 Å². The first-order valence-electron chi connectivity index (χ1n) is 3.65. The molecule has 0 bridgehead atoms. The van der Waals surface area contributed by atoms with Crippen LogP contribution in [0.15, 0.2) is 24.3 Å². The van der Waals surface area contributed by atoms with Crippen LogP contribution in [0, 0.1) is 6.92 Å². The second-order valence-electron chi connectivity index (χ2n) is 2.72. The third kappa shape index (κ3) is 1.83. The van der Waals surface area contributed by atoms with Crippen molar-refractivity contribution in [1.29, 1.82) is 0 Å². The van der Waals surface area contributed by atoms with E-state index in [-0.39, 0.29) is 0 Å². The fourth-order valence-electron chi connectivity index (χ4n) is 1.00. The maximum atomic E-state index is 10.6. The number of benzene rings is 1. The number of hydrogen-bond donors (Lipinski definition) is 2. The van der Waals surface area contributed by atoms with Gasteiger partial charge in [0.2, 0.25) is 0 Å². The molecule has 0 aliphatic heterocycles. The molecule has 0 radical (unpaired) electrons. The molecule has 3 N–H and O–H groups in total. The molecule has 0 aliphatic carbocycles. The zero-order valence-corrected chi connectivity index (χ0v) is 6.82. The van der Waals surface area contributed by atoms with Crippen molar-refractivity contribution in [3.05, 3.63) is 35.4 Å². The maximum absolute atomic E-state index is 10.6. The summed E-state index contributed by atoms with van der Waals surface area (Å²) in [4.78, 5) is 10.6. The first kappa shape index (κ1) is 8.74. The van der Waals surface area contributed by atoms with Gasteiger partial charge in [0.05, 0.1) is 0 Å². The lowest BCUT2D eigenvalue weighted by atomic mass is 10.1. The van der Waals surface area contributed by atoms with Gasteiger partial charge < -0.3 is 10.8 Å². The number of nitrogens with two attached hydrogens (primary N) is 1. The molecule has 0 aromatic heterocycles. The molecule has 1 atom stereocenters. The van der Waals surface area contributed by atoms with Crippen LogP contribution < -0.4 is 5.73 Å². The Balaban J connectivity index is 2.95. The van der Waals surface area contributed by atoms with E-state index in [0.717, 1.165) is 5.56 Å². The van der Waals surface area contributed by atoms with Crippen molar-refractivity contribution in [2.24, 2.45) is 5.73 Å². The fraction of sp³-hybridized carbons (Fsp3) is 0.222. The molecule has 0 fully saturated rings. The van der Waals surface area contributed by atoms with E-state index in [9.17, 15) is 9.90 Å². The molecular formula is C9H11NO2. The monoisotopic (exact) mass is 165 g/mol. The lowest BCUT2D eigenvalue weighted by Gasteiger charge is -2.06. The first-order valence-corrected chi connectivity index (χ1v) is 3.65. The number of primary amides is 1. The summed E-state index contributed by atoms with van der Waals surface area (Å²) in [6.07, 6.45) is -1.19. The van der Waals surface area contributed by atoms with E-state index < -0.39 is 12.0 Å². The molecule has 64 valence electrons. The lowest BCUT2D eigenvalue weighted by molar-refractivity contribution is -0.126. The zero-order valence-electron chi connectivity index (χ0n) is 6.82. The third-order valence-corrected chi connectivity index (χ3v) is 1.63. The molecule has 12 heavy (non-hydrogen) atoms. The van der Waals surface area contributed by atoms with Gasteiger partial charge in [0.15, 0.2) is 6.10 Å². The van der Waals surface area contributed by atoms with Gasteiger partial charge >= 0.3 is 0 Å². The molecule has 1 unspecified atom stereocenters. The summed E-state index contributed by atoms with van der Waals surface area (Å²) >= 11 is 0. The van der Waals surface area contributed by atoms with Gasteiger partial charge in [0, 0.05) is 0 Å². The number of aliphatic hydroxyl groups excluding tert-OH is 1. The quantitative estimate of drug-likeness (QED) is 0.670. The standard InChI is InChI=1S/C9H11NO2/c1-6-3-2-4-7(5-6)8(11)9(10)12/h2-5,8,11H,1H3,(H2,10,12). The van der Waals surface area contributed by atoms with Crippen LogP contribution in [0.4, 0.5) is 0 Å². The minimum atomic E-state index is -1.19.